The van der Waals surface area contributed by atoms with Gasteiger partial charge in [0.05, 0.1) is 6.04 Å². The third-order valence-corrected chi connectivity index (χ3v) is 3.98. The van der Waals surface area contributed by atoms with E-state index in [0.29, 0.717) is 5.11 Å². The number of nitrogens with one attached hydrogen (secondary N) is 2. The van der Waals surface area contributed by atoms with E-state index in [4.69, 9.17) is 12.2 Å². The Hall–Kier alpha value is -1.87. The van der Waals surface area contributed by atoms with Crippen LogP contribution in [0.25, 0.3) is 0 Å². The molecule has 116 valence electrons. The molecule has 2 rings (SSSR count). The fourth-order valence-electron chi connectivity index (χ4n) is 2.75. The van der Waals surface area contributed by atoms with Gasteiger partial charge in [-0.05, 0) is 73.8 Å². The Morgan fingerprint density at radius 2 is 1.68 bits per heavy atom. The van der Waals surface area contributed by atoms with E-state index in [-0.39, 0.29) is 6.04 Å². The van der Waals surface area contributed by atoms with Gasteiger partial charge in [0.25, 0.3) is 0 Å². The van der Waals surface area contributed by atoms with Crippen molar-refractivity contribution in [2.24, 2.45) is 0 Å². The molecule has 0 bridgehead atoms. The van der Waals surface area contributed by atoms with Crippen molar-refractivity contribution in [1.82, 2.24) is 5.32 Å². The first-order valence-corrected chi connectivity index (χ1v) is 8.11. The Morgan fingerprint density at radius 1 is 1.05 bits per heavy atom. The molecule has 0 saturated carbocycles. The van der Waals surface area contributed by atoms with Crippen molar-refractivity contribution >= 4 is 23.0 Å². The molecule has 0 heterocycles. The van der Waals surface area contributed by atoms with Gasteiger partial charge in [-0.2, -0.15) is 0 Å². The lowest BCUT2D eigenvalue weighted by Crippen LogP contribution is -2.32. The van der Waals surface area contributed by atoms with Crippen LogP contribution in [0.4, 0.5) is 5.69 Å². The molecule has 3 heteroatoms. The maximum Gasteiger partial charge on any atom is 0.171 e. The molecule has 0 aliphatic heterocycles. The Kier molecular flexibility index (Phi) is 5.56. The zero-order valence-corrected chi connectivity index (χ0v) is 14.6. The summed E-state index contributed by atoms with van der Waals surface area (Å²) in [5.74, 6) is 0. The smallest absolute Gasteiger partial charge is 0.171 e. The molecular weight excluding hydrogens is 288 g/mol. The first kappa shape index (κ1) is 16.5. The second kappa shape index (κ2) is 7.41. The van der Waals surface area contributed by atoms with Gasteiger partial charge in [0.1, 0.15) is 0 Å². The van der Waals surface area contributed by atoms with Crippen molar-refractivity contribution in [2.45, 2.75) is 40.2 Å². The molecule has 0 radical (unpaired) electrons. The van der Waals surface area contributed by atoms with Gasteiger partial charge in [0.2, 0.25) is 0 Å². The highest BCUT2D eigenvalue weighted by Crippen LogP contribution is 2.21. The molecule has 2 nitrogen and oxygen atoms in total. The van der Waals surface area contributed by atoms with Crippen LogP contribution in [0.2, 0.25) is 0 Å². The number of rotatable bonds is 4. The molecule has 0 aliphatic carbocycles. The van der Waals surface area contributed by atoms with Crippen LogP contribution in [0.3, 0.4) is 0 Å². The molecule has 0 amide bonds. The van der Waals surface area contributed by atoms with E-state index < -0.39 is 0 Å². The van der Waals surface area contributed by atoms with Gasteiger partial charge in [0, 0.05) is 5.69 Å². The fraction of sp³-hybridized carbons (Fsp3) is 0.316. The van der Waals surface area contributed by atoms with Crippen LogP contribution in [-0.4, -0.2) is 5.11 Å². The Labute approximate surface area is 139 Å². The van der Waals surface area contributed by atoms with E-state index in [1.807, 2.05) is 0 Å². The maximum atomic E-state index is 5.49. The number of anilines is 1. The third kappa shape index (κ3) is 4.31. The molecular formula is C19H24N2S. The van der Waals surface area contributed by atoms with Gasteiger partial charge in [-0.25, -0.2) is 0 Å². The molecule has 22 heavy (non-hydrogen) atoms. The minimum absolute atomic E-state index is 0.229. The molecule has 0 unspecified atom stereocenters. The van der Waals surface area contributed by atoms with E-state index in [9.17, 15) is 0 Å². The minimum Gasteiger partial charge on any atom is -0.356 e. The highest BCUT2D eigenvalue weighted by Gasteiger charge is 2.12. The predicted octanol–water partition coefficient (Wildman–Crippen LogP) is 5.05. The van der Waals surface area contributed by atoms with Crippen molar-refractivity contribution < 1.29 is 0 Å². The summed E-state index contributed by atoms with van der Waals surface area (Å²) in [5.41, 5.74) is 6.09. The lowest BCUT2D eigenvalue weighted by Gasteiger charge is -2.22. The summed E-state index contributed by atoms with van der Waals surface area (Å²) in [6.45, 7) is 8.50. The monoisotopic (exact) mass is 312 g/mol. The second-order valence-electron chi connectivity index (χ2n) is 5.79. The number of aryl methyl sites for hydroxylation is 3. The van der Waals surface area contributed by atoms with Gasteiger partial charge < -0.3 is 10.6 Å². The normalized spacial score (nSPS) is 11.8. The SMILES string of the molecule is CC[C@H](NC(=S)Nc1cc(C)cc(C)c1)c1ccccc1C. The van der Waals surface area contributed by atoms with E-state index in [2.05, 4.69) is 80.8 Å². The number of benzene rings is 2. The summed E-state index contributed by atoms with van der Waals surface area (Å²) in [5, 5.41) is 7.40. The van der Waals surface area contributed by atoms with Crippen LogP contribution in [0, 0.1) is 20.8 Å². The lowest BCUT2D eigenvalue weighted by molar-refractivity contribution is 0.625. The third-order valence-electron chi connectivity index (χ3n) is 3.76. The fourth-order valence-corrected chi connectivity index (χ4v) is 3.01. The topological polar surface area (TPSA) is 24.1 Å². The van der Waals surface area contributed by atoms with E-state index >= 15 is 0 Å². The summed E-state index contributed by atoms with van der Waals surface area (Å²) in [7, 11) is 0. The highest BCUT2D eigenvalue weighted by molar-refractivity contribution is 7.80. The Bertz CT molecular complexity index is 644. The van der Waals surface area contributed by atoms with Crippen LogP contribution < -0.4 is 10.6 Å². The molecule has 2 N–H and O–H groups in total. The van der Waals surface area contributed by atoms with Crippen LogP contribution in [0.1, 0.15) is 41.6 Å². The highest BCUT2D eigenvalue weighted by atomic mass is 32.1. The van der Waals surface area contributed by atoms with Gasteiger partial charge in [-0.15, -0.1) is 0 Å². The summed E-state index contributed by atoms with van der Waals surface area (Å²) in [4.78, 5) is 0. The quantitative estimate of drug-likeness (QED) is 0.773. The molecule has 2 aromatic carbocycles. The summed E-state index contributed by atoms with van der Waals surface area (Å²) < 4.78 is 0. The average Bonchev–Trinajstić information content (AvgIpc) is 2.44. The molecule has 1 atom stereocenters. The van der Waals surface area contributed by atoms with Gasteiger partial charge in [-0.3, -0.25) is 0 Å². The van der Waals surface area contributed by atoms with Gasteiger partial charge in [0.15, 0.2) is 5.11 Å². The van der Waals surface area contributed by atoms with Crippen molar-refractivity contribution in [3.63, 3.8) is 0 Å². The molecule has 0 aromatic heterocycles. The lowest BCUT2D eigenvalue weighted by atomic mass is 10.00. The first-order chi connectivity index (χ1) is 10.5. The summed E-state index contributed by atoms with van der Waals surface area (Å²) in [6.07, 6.45) is 0.986. The zero-order valence-electron chi connectivity index (χ0n) is 13.7. The Morgan fingerprint density at radius 3 is 2.27 bits per heavy atom. The van der Waals surface area contributed by atoms with E-state index in [0.717, 1.165) is 12.1 Å². The standard InChI is InChI=1S/C19H24N2S/c1-5-18(17-9-7-6-8-15(17)4)21-19(22)20-16-11-13(2)10-14(3)12-16/h6-12,18H,5H2,1-4H3,(H2,20,21,22)/t18-/m0/s1. The minimum atomic E-state index is 0.229. The van der Waals surface area contributed by atoms with E-state index in [1.165, 1.54) is 22.3 Å². The molecule has 0 fully saturated rings. The predicted molar refractivity (Wildman–Crippen MR) is 99.5 cm³/mol. The van der Waals surface area contributed by atoms with Gasteiger partial charge >= 0.3 is 0 Å². The van der Waals surface area contributed by atoms with Crippen LogP contribution in [0.5, 0.6) is 0 Å². The summed E-state index contributed by atoms with van der Waals surface area (Å²) >= 11 is 5.49. The van der Waals surface area contributed by atoms with Gasteiger partial charge in [-0.1, -0.05) is 37.3 Å². The van der Waals surface area contributed by atoms with Crippen LogP contribution in [0.15, 0.2) is 42.5 Å². The Balaban J connectivity index is 2.08. The van der Waals surface area contributed by atoms with Crippen LogP contribution in [-0.2, 0) is 0 Å². The van der Waals surface area contributed by atoms with Crippen molar-refractivity contribution in [1.29, 1.82) is 0 Å². The van der Waals surface area contributed by atoms with Crippen molar-refractivity contribution in [3.05, 3.63) is 64.7 Å². The molecule has 2 aromatic rings. The number of hydrogen-bond acceptors (Lipinski definition) is 1. The zero-order chi connectivity index (χ0) is 16.1. The van der Waals surface area contributed by atoms with E-state index in [1.54, 1.807) is 0 Å². The first-order valence-electron chi connectivity index (χ1n) is 7.71. The average molecular weight is 312 g/mol. The molecule has 0 spiro atoms. The number of hydrogen-bond donors (Lipinski definition) is 2. The van der Waals surface area contributed by atoms with Crippen LogP contribution >= 0.6 is 12.2 Å². The largest absolute Gasteiger partial charge is 0.356 e. The number of thiocarbonyl (C=S) groups is 1. The van der Waals surface area contributed by atoms with Crippen molar-refractivity contribution in [3.8, 4) is 0 Å². The van der Waals surface area contributed by atoms with Crippen molar-refractivity contribution in [2.75, 3.05) is 5.32 Å². The molecule has 0 saturated heterocycles. The second-order valence-corrected chi connectivity index (χ2v) is 6.20. The summed E-state index contributed by atoms with van der Waals surface area (Å²) in [6, 6.07) is 15.0. The molecule has 0 aliphatic rings. The maximum absolute atomic E-state index is 5.49.